The van der Waals surface area contributed by atoms with Gasteiger partial charge in [0.05, 0.1) is 12.6 Å². The van der Waals surface area contributed by atoms with E-state index in [0.29, 0.717) is 25.8 Å². The average molecular weight is 567 g/mol. The number of pyridine rings is 1. The van der Waals surface area contributed by atoms with Crippen LogP contribution in [0.25, 0.3) is 0 Å². The number of amides is 3. The summed E-state index contributed by atoms with van der Waals surface area (Å²) in [6.45, 7) is 2.02. The Kier molecular flexibility index (Phi) is 11.0. The third-order valence-electron chi connectivity index (χ3n) is 6.53. The third kappa shape index (κ3) is 8.34. The highest BCUT2D eigenvalue weighted by Crippen LogP contribution is 2.43. The summed E-state index contributed by atoms with van der Waals surface area (Å²) in [4.78, 5) is 41.7. The number of hydrogen-bond donors (Lipinski definition) is 4. The van der Waals surface area contributed by atoms with Gasteiger partial charge in [-0.25, -0.2) is 4.79 Å². The molecule has 9 nitrogen and oxygen atoms in total. The van der Waals surface area contributed by atoms with Gasteiger partial charge in [0.1, 0.15) is 6.04 Å². The van der Waals surface area contributed by atoms with E-state index in [1.54, 1.807) is 0 Å². The average Bonchev–Trinajstić information content (AvgIpc) is 3.33. The Morgan fingerprint density at radius 1 is 1.26 bits per heavy atom. The highest BCUT2D eigenvalue weighted by Gasteiger charge is 2.46. The quantitative estimate of drug-likeness (QED) is 0.291. The van der Waals surface area contributed by atoms with Crippen molar-refractivity contribution < 1.29 is 33.0 Å². The number of hydrogen-bond acceptors (Lipinski definition) is 6. The second kappa shape index (κ2) is 14.2. The monoisotopic (exact) mass is 566 g/mol. The molecule has 0 aliphatic carbocycles. The maximum atomic E-state index is 15.7. The van der Waals surface area contributed by atoms with E-state index < -0.39 is 48.3 Å². The highest BCUT2D eigenvalue weighted by molar-refractivity contribution is 6.30. The minimum atomic E-state index is -3.67. The number of carbonyl (C=O) groups excluding carboxylic acids is 3. The fraction of sp³-hybridized carbons (Fsp3) is 0.481. The number of aliphatic hydroxyl groups excluding tert-OH is 1. The Labute approximate surface area is 230 Å². The van der Waals surface area contributed by atoms with Crippen molar-refractivity contribution in [3.8, 4) is 0 Å². The van der Waals surface area contributed by atoms with Crippen LogP contribution in [0.5, 0.6) is 0 Å². The summed E-state index contributed by atoms with van der Waals surface area (Å²) in [5, 5.41) is 17.6. The second-order valence-corrected chi connectivity index (χ2v) is 9.88. The topological polar surface area (TPSA) is 130 Å². The van der Waals surface area contributed by atoms with Gasteiger partial charge in [-0.15, -0.1) is 0 Å². The van der Waals surface area contributed by atoms with Crippen LogP contribution in [-0.2, 0) is 20.2 Å². The summed E-state index contributed by atoms with van der Waals surface area (Å²) in [5.74, 6) is -4.77. The zero-order chi connectivity index (χ0) is 28.4. The van der Waals surface area contributed by atoms with E-state index in [-0.39, 0.29) is 35.3 Å². The molecule has 1 aliphatic rings. The summed E-state index contributed by atoms with van der Waals surface area (Å²) >= 11 is 5.93. The number of alkyl halides is 2. The smallest absolute Gasteiger partial charge is 0.408 e. The first-order valence-electron chi connectivity index (χ1n) is 12.9. The van der Waals surface area contributed by atoms with Gasteiger partial charge in [-0.05, 0) is 43.5 Å². The number of nitrogens with zero attached hydrogens (tertiary/aromatic N) is 1. The number of unbranched alkanes of at least 4 members (excludes halogenated alkanes) is 1. The molecule has 2 heterocycles. The number of ether oxygens (including phenoxy) is 1. The molecule has 1 saturated heterocycles. The van der Waals surface area contributed by atoms with Crippen molar-refractivity contribution in [2.75, 3.05) is 13.2 Å². The maximum absolute atomic E-state index is 15.7. The molecule has 4 N–H and O–H groups in total. The Bertz CT molecular complexity index is 1120. The predicted octanol–water partition coefficient (Wildman–Crippen LogP) is 3.86. The van der Waals surface area contributed by atoms with Gasteiger partial charge in [0.2, 0.25) is 11.8 Å². The van der Waals surface area contributed by atoms with Crippen molar-refractivity contribution in [2.24, 2.45) is 5.92 Å². The van der Waals surface area contributed by atoms with E-state index in [0.717, 1.165) is 6.07 Å². The van der Waals surface area contributed by atoms with Crippen molar-refractivity contribution in [3.05, 3.63) is 64.9 Å². The predicted molar refractivity (Wildman–Crippen MR) is 140 cm³/mol. The summed E-state index contributed by atoms with van der Waals surface area (Å²) < 4.78 is 36.6. The lowest BCUT2D eigenvalue weighted by molar-refractivity contribution is -0.128. The molecule has 3 rings (SSSR count). The van der Waals surface area contributed by atoms with Crippen molar-refractivity contribution in [1.29, 1.82) is 0 Å². The molecule has 0 bridgehead atoms. The number of benzene rings is 1. The van der Waals surface area contributed by atoms with Crippen molar-refractivity contribution >= 4 is 29.5 Å². The van der Waals surface area contributed by atoms with Crippen LogP contribution in [0.3, 0.4) is 0 Å². The van der Waals surface area contributed by atoms with Gasteiger partial charge in [-0.2, -0.15) is 8.78 Å². The summed E-state index contributed by atoms with van der Waals surface area (Å²) in [7, 11) is 0. The molecule has 0 saturated carbocycles. The first kappa shape index (κ1) is 30.2. The van der Waals surface area contributed by atoms with Gasteiger partial charge >= 0.3 is 12.0 Å². The van der Waals surface area contributed by atoms with Crippen molar-refractivity contribution in [3.63, 3.8) is 0 Å². The normalized spacial score (nSPS) is 17.6. The Balaban J connectivity index is 1.75. The molecule has 1 aliphatic heterocycles. The third-order valence-corrected chi connectivity index (χ3v) is 6.76. The summed E-state index contributed by atoms with van der Waals surface area (Å²) in [5.41, 5.74) is -0.457. The molecule has 39 heavy (non-hydrogen) atoms. The van der Waals surface area contributed by atoms with Crippen molar-refractivity contribution in [2.45, 2.75) is 63.1 Å². The molecule has 0 radical (unpaired) electrons. The maximum Gasteiger partial charge on any atom is 0.408 e. The van der Waals surface area contributed by atoms with Crippen LogP contribution in [-0.4, -0.2) is 53.2 Å². The molecule has 12 heteroatoms. The van der Waals surface area contributed by atoms with Crippen molar-refractivity contribution in [1.82, 2.24) is 20.9 Å². The highest BCUT2D eigenvalue weighted by atomic mass is 35.5. The van der Waals surface area contributed by atoms with Gasteiger partial charge < -0.3 is 25.8 Å². The molecule has 1 aromatic heterocycles. The Hall–Kier alpha value is -3.31. The molecule has 4 atom stereocenters. The van der Waals surface area contributed by atoms with Crippen LogP contribution in [0.15, 0.2) is 48.8 Å². The number of nitrogens with one attached hydrogen (secondary N) is 3. The largest absolute Gasteiger partial charge is 0.434 e. The molecular formula is C27H33ClF2N4O5. The molecular weight excluding hydrogens is 534 g/mol. The lowest BCUT2D eigenvalue weighted by atomic mass is 9.97. The van der Waals surface area contributed by atoms with E-state index in [9.17, 15) is 19.5 Å². The Morgan fingerprint density at radius 3 is 2.62 bits per heavy atom. The SMILES string of the molecule is CCCC[C@H](NC(=O)OC(c1ccncc1)C(F)(F)c1cccc(Cl)c1)C(=O)N[C@H](CO)C[C@@H]1CCNC1=O. The zero-order valence-electron chi connectivity index (χ0n) is 21.5. The molecule has 212 valence electrons. The minimum absolute atomic E-state index is 0.00475. The van der Waals surface area contributed by atoms with E-state index in [1.165, 1.54) is 42.7 Å². The zero-order valence-corrected chi connectivity index (χ0v) is 22.3. The number of alkyl carbamates (subject to hydrolysis) is 1. The van der Waals surface area contributed by atoms with Crippen LogP contribution in [0.2, 0.25) is 5.02 Å². The standard InChI is InChI=1S/C27H33ClF2N4O5/c1-2-3-7-22(25(37)33-21(16-35)14-18-10-13-32-24(18)36)34-26(38)39-23(17-8-11-31-12-9-17)27(29,30)19-5-4-6-20(28)15-19/h4-6,8-9,11-12,15,18,21-23,35H,2-3,7,10,13-14,16H2,1H3,(H,32,36)(H,33,37)(H,34,38)/t18-,21-,22-,23?/m0/s1. The number of rotatable bonds is 13. The van der Waals surface area contributed by atoms with E-state index >= 15 is 8.78 Å². The number of carbonyl (C=O) groups is 3. The van der Waals surface area contributed by atoms with Gasteiger partial charge in [-0.1, -0.05) is 43.5 Å². The van der Waals surface area contributed by atoms with Gasteiger partial charge in [0.25, 0.3) is 0 Å². The first-order chi connectivity index (χ1) is 18.6. The molecule has 2 aromatic rings. The second-order valence-electron chi connectivity index (χ2n) is 9.44. The lowest BCUT2D eigenvalue weighted by Gasteiger charge is -2.29. The Morgan fingerprint density at radius 2 is 2.00 bits per heavy atom. The van der Waals surface area contributed by atoms with Crippen LogP contribution in [0.4, 0.5) is 13.6 Å². The number of aliphatic hydroxyl groups is 1. The molecule has 0 spiro atoms. The van der Waals surface area contributed by atoms with E-state index in [4.69, 9.17) is 16.3 Å². The minimum Gasteiger partial charge on any atom is -0.434 e. The summed E-state index contributed by atoms with van der Waals surface area (Å²) in [6, 6.07) is 5.88. The van der Waals surface area contributed by atoms with Crippen LogP contribution in [0.1, 0.15) is 56.3 Å². The van der Waals surface area contributed by atoms with Crippen LogP contribution in [0, 0.1) is 5.92 Å². The van der Waals surface area contributed by atoms with Crippen LogP contribution >= 0.6 is 11.6 Å². The molecule has 1 aromatic carbocycles. The van der Waals surface area contributed by atoms with Gasteiger partial charge in [0, 0.05) is 41.0 Å². The molecule has 3 amide bonds. The van der Waals surface area contributed by atoms with E-state index in [2.05, 4.69) is 20.9 Å². The van der Waals surface area contributed by atoms with Gasteiger partial charge in [-0.3, -0.25) is 14.6 Å². The van der Waals surface area contributed by atoms with Crippen LogP contribution < -0.4 is 16.0 Å². The lowest BCUT2D eigenvalue weighted by Crippen LogP contribution is -2.51. The van der Waals surface area contributed by atoms with Gasteiger partial charge in [0.15, 0.2) is 6.10 Å². The summed E-state index contributed by atoms with van der Waals surface area (Å²) in [6.07, 6.45) is 1.64. The number of halogens is 3. The molecule has 1 unspecified atom stereocenters. The number of aromatic nitrogens is 1. The first-order valence-corrected chi connectivity index (χ1v) is 13.2. The fourth-order valence-electron chi connectivity index (χ4n) is 4.39. The molecule has 1 fully saturated rings. The van der Waals surface area contributed by atoms with E-state index in [1.807, 2.05) is 6.92 Å². The fourth-order valence-corrected chi connectivity index (χ4v) is 4.58.